The van der Waals surface area contributed by atoms with Crippen LogP contribution in [0.2, 0.25) is 4.34 Å². The third-order valence-corrected chi connectivity index (χ3v) is 3.30. The van der Waals surface area contributed by atoms with Gasteiger partial charge in [-0.3, -0.25) is 0 Å². The second-order valence-corrected chi connectivity index (χ2v) is 4.98. The smallest absolute Gasteiger partial charge is 0.0931 e. The zero-order valence-corrected chi connectivity index (χ0v) is 8.42. The Kier molecular flexibility index (Phi) is 2.69. The Morgan fingerprint density at radius 2 is 2.33 bits per heavy atom. The highest BCUT2D eigenvalue weighted by atomic mass is 35.5. The first kappa shape index (κ1) is 8.54. The molecular formula is C9H12ClNS. The van der Waals surface area contributed by atoms with Crippen LogP contribution in [0, 0.1) is 0 Å². The molecule has 0 aromatic carbocycles. The Morgan fingerprint density at radius 3 is 2.92 bits per heavy atom. The summed E-state index contributed by atoms with van der Waals surface area (Å²) in [5.74, 6) is 0. The molecule has 2 rings (SSSR count). The summed E-state index contributed by atoms with van der Waals surface area (Å²) in [6.07, 6.45) is 3.85. The lowest BCUT2D eigenvalue weighted by atomic mass is 10.3. The van der Waals surface area contributed by atoms with E-state index in [-0.39, 0.29) is 0 Å². The van der Waals surface area contributed by atoms with Gasteiger partial charge in [-0.05, 0) is 31.4 Å². The summed E-state index contributed by atoms with van der Waals surface area (Å²) >= 11 is 7.50. The first-order valence-corrected chi connectivity index (χ1v) is 5.51. The molecule has 1 aliphatic carbocycles. The third kappa shape index (κ3) is 2.47. The summed E-state index contributed by atoms with van der Waals surface area (Å²) in [6.45, 7) is 1.10. The number of hydrogen-bond acceptors (Lipinski definition) is 2. The number of hydrogen-bond donors (Lipinski definition) is 1. The quantitative estimate of drug-likeness (QED) is 0.790. The van der Waals surface area contributed by atoms with Crippen LogP contribution < -0.4 is 5.32 Å². The second-order valence-electron chi connectivity index (χ2n) is 3.18. The lowest BCUT2D eigenvalue weighted by Crippen LogP contribution is -2.18. The number of halogens is 1. The second kappa shape index (κ2) is 3.77. The summed E-state index contributed by atoms with van der Waals surface area (Å²) in [7, 11) is 0. The van der Waals surface area contributed by atoms with Crippen LogP contribution in [0.1, 0.15) is 17.7 Å². The SMILES string of the molecule is Clc1ccc(CCNC2CC2)s1. The fourth-order valence-corrected chi connectivity index (χ4v) is 2.26. The van der Waals surface area contributed by atoms with Gasteiger partial charge in [-0.15, -0.1) is 11.3 Å². The van der Waals surface area contributed by atoms with Crippen molar-refractivity contribution >= 4 is 22.9 Å². The van der Waals surface area contributed by atoms with Crippen LogP contribution in [0.25, 0.3) is 0 Å². The van der Waals surface area contributed by atoms with Crippen molar-refractivity contribution in [1.29, 1.82) is 0 Å². The van der Waals surface area contributed by atoms with Crippen LogP contribution >= 0.6 is 22.9 Å². The lowest BCUT2D eigenvalue weighted by molar-refractivity contribution is 0.685. The molecule has 0 saturated heterocycles. The van der Waals surface area contributed by atoms with Crippen LogP contribution in [0.15, 0.2) is 12.1 Å². The Balaban J connectivity index is 1.71. The van der Waals surface area contributed by atoms with Gasteiger partial charge < -0.3 is 5.32 Å². The summed E-state index contributed by atoms with van der Waals surface area (Å²) in [5.41, 5.74) is 0. The van der Waals surface area contributed by atoms with Gasteiger partial charge >= 0.3 is 0 Å². The molecule has 0 bridgehead atoms. The molecule has 0 unspecified atom stereocenters. The minimum Gasteiger partial charge on any atom is -0.314 e. The van der Waals surface area contributed by atoms with E-state index in [1.807, 2.05) is 6.07 Å². The van der Waals surface area contributed by atoms with Gasteiger partial charge in [0.2, 0.25) is 0 Å². The molecule has 1 aromatic rings. The highest BCUT2D eigenvalue weighted by Gasteiger charge is 2.19. The van der Waals surface area contributed by atoms with Crippen LogP contribution in [-0.2, 0) is 6.42 Å². The molecule has 1 nitrogen and oxygen atoms in total. The minimum absolute atomic E-state index is 0.820. The topological polar surface area (TPSA) is 12.0 Å². The zero-order valence-electron chi connectivity index (χ0n) is 6.85. The van der Waals surface area contributed by atoms with Crippen molar-refractivity contribution in [2.75, 3.05) is 6.54 Å². The number of thiophene rings is 1. The lowest BCUT2D eigenvalue weighted by Gasteiger charge is -1.98. The standard InChI is InChI=1S/C9H12ClNS/c10-9-4-3-8(12-9)5-6-11-7-1-2-7/h3-4,7,11H,1-2,5-6H2. The Morgan fingerprint density at radius 1 is 1.50 bits per heavy atom. The molecule has 12 heavy (non-hydrogen) atoms. The Labute approximate surface area is 81.7 Å². The average Bonchev–Trinajstić information content (AvgIpc) is 2.76. The van der Waals surface area contributed by atoms with Crippen LogP contribution in [0.4, 0.5) is 0 Å². The molecule has 0 atom stereocenters. The molecule has 1 N–H and O–H groups in total. The Bertz CT molecular complexity index is 255. The van der Waals surface area contributed by atoms with Crippen molar-refractivity contribution in [3.63, 3.8) is 0 Å². The normalized spacial score (nSPS) is 16.8. The van der Waals surface area contributed by atoms with E-state index in [0.29, 0.717) is 0 Å². The maximum absolute atomic E-state index is 5.81. The van der Waals surface area contributed by atoms with Gasteiger partial charge in [0.05, 0.1) is 4.34 Å². The van der Waals surface area contributed by atoms with Gasteiger partial charge in [-0.1, -0.05) is 11.6 Å². The summed E-state index contributed by atoms with van der Waals surface area (Å²) in [5, 5.41) is 3.48. The van der Waals surface area contributed by atoms with Gasteiger partial charge in [0, 0.05) is 17.5 Å². The van der Waals surface area contributed by atoms with Crippen LogP contribution in [0.5, 0.6) is 0 Å². The molecule has 0 radical (unpaired) electrons. The predicted molar refractivity (Wildman–Crippen MR) is 54.1 cm³/mol. The zero-order chi connectivity index (χ0) is 8.39. The fourth-order valence-electron chi connectivity index (χ4n) is 1.17. The summed E-state index contributed by atoms with van der Waals surface area (Å²) < 4.78 is 0.899. The maximum Gasteiger partial charge on any atom is 0.0931 e. The molecule has 1 aromatic heterocycles. The van der Waals surface area contributed by atoms with Crippen molar-refractivity contribution in [1.82, 2.24) is 5.32 Å². The van der Waals surface area contributed by atoms with Gasteiger partial charge in [-0.2, -0.15) is 0 Å². The van der Waals surface area contributed by atoms with Gasteiger partial charge in [0.1, 0.15) is 0 Å². The molecule has 0 aliphatic heterocycles. The van der Waals surface area contributed by atoms with Crippen molar-refractivity contribution in [2.24, 2.45) is 0 Å². The van der Waals surface area contributed by atoms with Crippen molar-refractivity contribution in [3.05, 3.63) is 21.3 Å². The first-order valence-electron chi connectivity index (χ1n) is 4.32. The van der Waals surface area contributed by atoms with E-state index in [9.17, 15) is 0 Å². The molecule has 3 heteroatoms. The average molecular weight is 202 g/mol. The molecule has 1 saturated carbocycles. The largest absolute Gasteiger partial charge is 0.314 e. The summed E-state index contributed by atoms with van der Waals surface area (Å²) in [4.78, 5) is 1.38. The maximum atomic E-state index is 5.81. The first-order chi connectivity index (χ1) is 5.84. The van der Waals surface area contributed by atoms with Gasteiger partial charge in [0.25, 0.3) is 0 Å². The molecule has 1 aliphatic rings. The number of rotatable bonds is 4. The third-order valence-electron chi connectivity index (χ3n) is 2.01. The summed E-state index contributed by atoms with van der Waals surface area (Å²) in [6, 6.07) is 4.90. The Hall–Kier alpha value is -0.0500. The van der Waals surface area contributed by atoms with E-state index in [0.717, 1.165) is 23.3 Å². The van der Waals surface area contributed by atoms with E-state index >= 15 is 0 Å². The van der Waals surface area contributed by atoms with Crippen molar-refractivity contribution in [3.8, 4) is 0 Å². The van der Waals surface area contributed by atoms with Crippen LogP contribution in [0.3, 0.4) is 0 Å². The highest BCUT2D eigenvalue weighted by molar-refractivity contribution is 7.16. The fraction of sp³-hybridized carbons (Fsp3) is 0.556. The van der Waals surface area contributed by atoms with E-state index in [1.165, 1.54) is 17.7 Å². The molecule has 1 fully saturated rings. The molecular weight excluding hydrogens is 190 g/mol. The van der Waals surface area contributed by atoms with E-state index in [4.69, 9.17) is 11.6 Å². The molecule has 0 amide bonds. The van der Waals surface area contributed by atoms with Crippen molar-refractivity contribution < 1.29 is 0 Å². The number of nitrogens with one attached hydrogen (secondary N) is 1. The van der Waals surface area contributed by atoms with Crippen molar-refractivity contribution in [2.45, 2.75) is 25.3 Å². The van der Waals surface area contributed by atoms with Gasteiger partial charge in [-0.25, -0.2) is 0 Å². The minimum atomic E-state index is 0.820. The monoisotopic (exact) mass is 201 g/mol. The van der Waals surface area contributed by atoms with Gasteiger partial charge in [0.15, 0.2) is 0 Å². The van der Waals surface area contributed by atoms with E-state index in [2.05, 4.69) is 11.4 Å². The highest BCUT2D eigenvalue weighted by Crippen LogP contribution is 2.22. The van der Waals surface area contributed by atoms with E-state index < -0.39 is 0 Å². The predicted octanol–water partition coefficient (Wildman–Crippen LogP) is 2.70. The molecule has 66 valence electrons. The van der Waals surface area contributed by atoms with E-state index in [1.54, 1.807) is 11.3 Å². The van der Waals surface area contributed by atoms with Crippen LogP contribution in [-0.4, -0.2) is 12.6 Å². The molecule has 1 heterocycles. The molecule has 0 spiro atoms.